The molecule has 4 fully saturated rings. The van der Waals surface area contributed by atoms with Crippen molar-refractivity contribution in [3.63, 3.8) is 0 Å². The van der Waals surface area contributed by atoms with Crippen molar-refractivity contribution in [3.8, 4) is 17.4 Å². The van der Waals surface area contributed by atoms with Crippen LogP contribution in [0.5, 0.6) is 17.4 Å². The van der Waals surface area contributed by atoms with Gasteiger partial charge >= 0.3 is 5.69 Å². The number of nitrogens with one attached hydrogen (secondary N) is 3. The van der Waals surface area contributed by atoms with Gasteiger partial charge in [-0.15, -0.1) is 0 Å². The maximum Gasteiger partial charge on any atom is 0.312 e. The number of pyridine rings is 2. The first-order chi connectivity index (χ1) is 33.5. The molecule has 17 nitrogen and oxygen atoms in total. The molecule has 1 amide bonds. The van der Waals surface area contributed by atoms with Gasteiger partial charge in [-0.25, -0.2) is 22.5 Å². The van der Waals surface area contributed by atoms with E-state index in [2.05, 4.69) is 72.9 Å². The fourth-order valence-electron chi connectivity index (χ4n) is 11.0. The first-order valence-corrected chi connectivity index (χ1v) is 25.9. The van der Waals surface area contributed by atoms with Crippen LogP contribution in [-0.2, 0) is 14.8 Å². The van der Waals surface area contributed by atoms with Crippen molar-refractivity contribution in [3.05, 3.63) is 99.6 Å². The number of anilines is 2. The van der Waals surface area contributed by atoms with Gasteiger partial charge < -0.3 is 34.5 Å². The molecular weight excluding hydrogens is 920 g/mol. The van der Waals surface area contributed by atoms with Crippen LogP contribution in [0.15, 0.2) is 71.9 Å². The lowest BCUT2D eigenvalue weighted by atomic mass is 9.70. The molecule has 2 aliphatic carbocycles. The number of methoxy groups -OCH3 is 1. The van der Waals surface area contributed by atoms with Crippen molar-refractivity contribution in [1.82, 2.24) is 24.6 Å². The first kappa shape index (κ1) is 49.1. The molecule has 2 aliphatic heterocycles. The Kier molecular flexibility index (Phi) is 14.1. The summed E-state index contributed by atoms with van der Waals surface area (Å²) >= 11 is 0. The number of hydrogen-bond donors (Lipinski definition) is 4. The normalized spacial score (nSPS) is 22.6. The third-order valence-electron chi connectivity index (χ3n) is 15.1. The Morgan fingerprint density at radius 1 is 1.03 bits per heavy atom. The molecule has 3 aromatic heterocycles. The second-order valence-corrected chi connectivity index (χ2v) is 22.0. The second-order valence-electron chi connectivity index (χ2n) is 20.3. The molecular formula is C51H63FN8O9S. The Bertz CT molecular complexity index is 2830. The maximum absolute atomic E-state index is 15.0. The summed E-state index contributed by atoms with van der Waals surface area (Å²) < 4.78 is 62.2. The standard InChI is InChI=1S/C51H63FN8O9S/c1-32(2)36-8-5-6-9-37(36)38-10-7-11-42(38)59-30-51(31-59)18-20-58(21-19-51)34-12-13-39(44(24-34)69-45-26-40-41(52)29-55-46(40)56-49(45)68-23-22-67-4)48(61)57-70(65,66)35-25-43(60(63)64)47(54-28-35)53-27-33-14-16-50(3,62)17-15-33/h5-6,8-9,12-13,24-26,28-29,32-33,38,42,62H,7,10-11,14-23,27,30-31H2,1-4H3,(H,53,54)(H,55,56)(H,57,61)/t33?,38-,42-,50?/m1/s1. The Hall–Kier alpha value is -5.89. The van der Waals surface area contributed by atoms with Gasteiger partial charge in [0.05, 0.1) is 34.3 Å². The highest BCUT2D eigenvalue weighted by Crippen LogP contribution is 2.49. The molecule has 0 radical (unpaired) electrons. The molecule has 2 atom stereocenters. The molecule has 2 saturated carbocycles. The minimum atomic E-state index is -4.74. The van der Waals surface area contributed by atoms with Gasteiger partial charge in [-0.3, -0.25) is 19.8 Å². The van der Waals surface area contributed by atoms with E-state index in [9.17, 15) is 32.8 Å². The Balaban J connectivity index is 0.945. The number of likely N-dealkylation sites (tertiary alicyclic amines) is 1. The van der Waals surface area contributed by atoms with Crippen LogP contribution < -0.4 is 24.4 Å². The van der Waals surface area contributed by atoms with Gasteiger partial charge in [-0.2, -0.15) is 4.98 Å². The molecule has 1 spiro atoms. The summed E-state index contributed by atoms with van der Waals surface area (Å²) in [6.07, 6.45) is 10.3. The molecule has 5 aromatic rings. The highest BCUT2D eigenvalue weighted by molar-refractivity contribution is 7.90. The molecule has 70 heavy (non-hydrogen) atoms. The number of carbonyl (C=O) groups is 1. The van der Waals surface area contributed by atoms with E-state index in [-0.39, 0.29) is 64.3 Å². The molecule has 9 rings (SSSR count). The van der Waals surface area contributed by atoms with Gasteiger partial charge in [0.2, 0.25) is 5.82 Å². The van der Waals surface area contributed by atoms with Crippen LogP contribution in [0, 0.1) is 27.3 Å². The number of carbonyl (C=O) groups excluding carboxylic acids is 1. The fraction of sp³-hybridized carbons (Fsp3) is 0.510. The molecule has 5 heterocycles. The van der Waals surface area contributed by atoms with Crippen LogP contribution in [0.1, 0.15) is 112 Å². The van der Waals surface area contributed by atoms with E-state index in [1.807, 2.05) is 0 Å². The van der Waals surface area contributed by atoms with Crippen molar-refractivity contribution in [1.29, 1.82) is 0 Å². The largest absolute Gasteiger partial charge is 0.473 e. The number of H-pyrrole nitrogens is 1. The number of aromatic amines is 1. The number of halogens is 1. The maximum atomic E-state index is 15.0. The monoisotopic (exact) mass is 982 g/mol. The fourth-order valence-corrected chi connectivity index (χ4v) is 12.0. The molecule has 19 heteroatoms. The number of amides is 1. The smallest absolute Gasteiger partial charge is 0.312 e. The number of nitro groups is 1. The van der Waals surface area contributed by atoms with Crippen molar-refractivity contribution in [2.24, 2.45) is 11.3 Å². The quantitative estimate of drug-likeness (QED) is 0.0390. The molecule has 374 valence electrons. The summed E-state index contributed by atoms with van der Waals surface area (Å²) in [5, 5.41) is 25.6. The highest BCUT2D eigenvalue weighted by atomic mass is 32.2. The molecule has 0 unspecified atom stereocenters. The van der Waals surface area contributed by atoms with Crippen LogP contribution in [0.3, 0.4) is 0 Å². The summed E-state index contributed by atoms with van der Waals surface area (Å²) in [7, 11) is -3.23. The average Bonchev–Trinajstić information content (AvgIpc) is 3.96. The number of hydrogen-bond acceptors (Lipinski definition) is 14. The van der Waals surface area contributed by atoms with Gasteiger partial charge in [-0.05, 0) is 105 Å². The average molecular weight is 983 g/mol. The predicted octanol–water partition coefficient (Wildman–Crippen LogP) is 8.66. The third kappa shape index (κ3) is 10.4. The van der Waals surface area contributed by atoms with Crippen LogP contribution in [0.25, 0.3) is 11.0 Å². The van der Waals surface area contributed by atoms with E-state index < -0.39 is 42.9 Å². The zero-order valence-corrected chi connectivity index (χ0v) is 41.0. The predicted molar refractivity (Wildman–Crippen MR) is 263 cm³/mol. The number of ether oxygens (including phenoxy) is 3. The number of aliphatic hydroxyl groups is 1. The summed E-state index contributed by atoms with van der Waals surface area (Å²) in [5.74, 6) is -0.778. The lowest BCUT2D eigenvalue weighted by molar-refractivity contribution is -0.384. The Morgan fingerprint density at radius 2 is 1.79 bits per heavy atom. The summed E-state index contributed by atoms with van der Waals surface area (Å²) in [5.41, 5.74) is 2.55. The van der Waals surface area contributed by atoms with Crippen molar-refractivity contribution in [2.75, 3.05) is 63.3 Å². The van der Waals surface area contributed by atoms with Crippen molar-refractivity contribution < 1.29 is 41.8 Å². The number of sulfonamides is 1. The van der Waals surface area contributed by atoms with Crippen LogP contribution >= 0.6 is 0 Å². The van der Waals surface area contributed by atoms with E-state index in [4.69, 9.17) is 14.2 Å². The van der Waals surface area contributed by atoms with Gasteiger partial charge in [0.1, 0.15) is 28.7 Å². The Labute approximate surface area is 407 Å². The SMILES string of the molecule is COCCOc1nc2[nH]cc(F)c2cc1Oc1cc(N2CCC3(CC2)CN([C@@H]2CCC[C@@H]2c2ccccc2C(C)C)C3)ccc1C(=O)NS(=O)(=O)c1cnc(NCC2CCC(C)(O)CC2)c([N+](=O)[O-])c1. The number of aromatic nitrogens is 3. The topological polar surface area (TPSA) is 214 Å². The van der Waals surface area contributed by atoms with E-state index in [0.29, 0.717) is 50.1 Å². The number of piperidine rings is 1. The first-order valence-electron chi connectivity index (χ1n) is 24.4. The van der Waals surface area contributed by atoms with E-state index in [0.717, 1.165) is 63.2 Å². The molecule has 2 saturated heterocycles. The van der Waals surface area contributed by atoms with E-state index in [1.165, 1.54) is 49.6 Å². The van der Waals surface area contributed by atoms with Crippen molar-refractivity contribution >= 4 is 44.2 Å². The minimum Gasteiger partial charge on any atom is -0.473 e. The van der Waals surface area contributed by atoms with Crippen LogP contribution in [0.4, 0.5) is 21.6 Å². The zero-order valence-electron chi connectivity index (χ0n) is 40.2. The lowest BCUT2D eigenvalue weighted by Gasteiger charge is -2.57. The summed E-state index contributed by atoms with van der Waals surface area (Å²) in [6.45, 7) is 10.5. The van der Waals surface area contributed by atoms with Gasteiger partial charge in [0.25, 0.3) is 21.8 Å². The summed E-state index contributed by atoms with van der Waals surface area (Å²) in [4.78, 5) is 41.3. The zero-order chi connectivity index (χ0) is 49.4. The van der Waals surface area contributed by atoms with E-state index >= 15 is 0 Å². The molecule has 4 N–H and O–H groups in total. The van der Waals surface area contributed by atoms with Crippen LogP contribution in [0.2, 0.25) is 0 Å². The van der Waals surface area contributed by atoms with E-state index in [1.54, 1.807) is 19.1 Å². The summed E-state index contributed by atoms with van der Waals surface area (Å²) in [6, 6.07) is 16.6. The molecule has 2 aromatic carbocycles. The molecule has 0 bridgehead atoms. The minimum absolute atomic E-state index is 0.0233. The lowest BCUT2D eigenvalue weighted by Crippen LogP contribution is -2.63. The van der Waals surface area contributed by atoms with Crippen LogP contribution in [-0.4, -0.2) is 109 Å². The third-order valence-corrected chi connectivity index (χ3v) is 16.4. The van der Waals surface area contributed by atoms with Gasteiger partial charge in [0, 0.05) is 76.0 Å². The molecule has 4 aliphatic rings. The van der Waals surface area contributed by atoms with Crippen molar-refractivity contribution in [2.45, 2.75) is 107 Å². The number of nitrogens with zero attached hydrogens (tertiary/aromatic N) is 5. The second kappa shape index (κ2) is 20.1. The number of rotatable bonds is 17. The highest BCUT2D eigenvalue weighted by Gasteiger charge is 2.49. The number of benzene rings is 2. The Morgan fingerprint density at radius 3 is 2.51 bits per heavy atom. The van der Waals surface area contributed by atoms with Gasteiger partial charge in [0.15, 0.2) is 5.75 Å². The number of fused-ring (bicyclic) bond motifs is 1. The van der Waals surface area contributed by atoms with Gasteiger partial charge in [-0.1, -0.05) is 44.5 Å².